The molecule has 1 aliphatic heterocycles. The van der Waals surface area contributed by atoms with Crippen LogP contribution >= 0.6 is 0 Å². The highest BCUT2D eigenvalue weighted by molar-refractivity contribution is 5.85. The Morgan fingerprint density at radius 2 is 2.06 bits per heavy atom. The number of nitrogens with zero attached hydrogens (tertiary/aromatic N) is 1. The van der Waals surface area contributed by atoms with E-state index in [-0.39, 0.29) is 19.1 Å². The maximum atomic E-state index is 12.0. The van der Waals surface area contributed by atoms with E-state index in [4.69, 9.17) is 5.11 Å². The lowest BCUT2D eigenvalue weighted by atomic mass is 10.0. The summed E-state index contributed by atoms with van der Waals surface area (Å²) in [5.74, 6) is -0.119. The van der Waals surface area contributed by atoms with E-state index in [9.17, 15) is 9.90 Å². The van der Waals surface area contributed by atoms with Gasteiger partial charge in [-0.25, -0.2) is 0 Å². The molecule has 1 unspecified atom stereocenters. The number of nitrogens with one attached hydrogen (secondary N) is 2. The number of rotatable bonds is 5. The molecule has 1 rings (SSSR count). The monoisotopic (exact) mass is 245 g/mol. The van der Waals surface area contributed by atoms with Gasteiger partial charge < -0.3 is 20.8 Å². The van der Waals surface area contributed by atoms with E-state index < -0.39 is 11.6 Å². The molecule has 6 heteroatoms. The zero-order valence-electron chi connectivity index (χ0n) is 10.6. The Balaban J connectivity index is 2.47. The predicted molar refractivity (Wildman–Crippen MR) is 64.6 cm³/mol. The highest BCUT2D eigenvalue weighted by Crippen LogP contribution is 2.15. The van der Waals surface area contributed by atoms with E-state index in [0.29, 0.717) is 0 Å². The second-order valence-electron chi connectivity index (χ2n) is 4.84. The number of aliphatic hydroxyl groups is 2. The van der Waals surface area contributed by atoms with Crippen LogP contribution in [0.25, 0.3) is 0 Å². The number of piperazine rings is 1. The summed E-state index contributed by atoms with van der Waals surface area (Å²) in [5, 5.41) is 23.8. The highest BCUT2D eigenvalue weighted by Gasteiger charge is 2.34. The summed E-state index contributed by atoms with van der Waals surface area (Å²) in [5.41, 5.74) is -0.586. The van der Waals surface area contributed by atoms with Crippen LogP contribution in [0.4, 0.5) is 0 Å². The van der Waals surface area contributed by atoms with Crippen LogP contribution in [-0.2, 0) is 4.79 Å². The van der Waals surface area contributed by atoms with Crippen LogP contribution in [0.1, 0.15) is 13.8 Å². The summed E-state index contributed by atoms with van der Waals surface area (Å²) in [6, 6.07) is 0. The van der Waals surface area contributed by atoms with E-state index in [1.165, 1.54) is 0 Å². The van der Waals surface area contributed by atoms with Crippen LogP contribution in [0, 0.1) is 0 Å². The molecule has 1 saturated heterocycles. The van der Waals surface area contributed by atoms with Gasteiger partial charge in [-0.15, -0.1) is 0 Å². The minimum absolute atomic E-state index is 0.0881. The average Bonchev–Trinajstić information content (AvgIpc) is 2.36. The van der Waals surface area contributed by atoms with Gasteiger partial charge in [0.2, 0.25) is 5.91 Å². The van der Waals surface area contributed by atoms with Crippen LogP contribution in [-0.4, -0.2) is 72.0 Å². The predicted octanol–water partition coefficient (Wildman–Crippen LogP) is -1.86. The third-order valence-corrected chi connectivity index (χ3v) is 3.17. The lowest BCUT2D eigenvalue weighted by Crippen LogP contribution is -2.60. The average molecular weight is 245 g/mol. The van der Waals surface area contributed by atoms with Gasteiger partial charge in [0.05, 0.1) is 18.2 Å². The standard InChI is InChI=1S/C11H23N3O3/c1-11(2,14-5-3-12-4-6-14)10(17)13-7-9(16)8-15/h9,12,15-16H,3-8H2,1-2H3,(H,13,17). The first-order valence-electron chi connectivity index (χ1n) is 6.01. The number of carbonyl (C=O) groups is 1. The quantitative estimate of drug-likeness (QED) is 0.456. The molecule has 1 atom stereocenters. The molecule has 17 heavy (non-hydrogen) atoms. The topological polar surface area (TPSA) is 84.8 Å². The van der Waals surface area contributed by atoms with Crippen molar-refractivity contribution in [3.8, 4) is 0 Å². The van der Waals surface area contributed by atoms with E-state index in [2.05, 4.69) is 15.5 Å². The van der Waals surface area contributed by atoms with Crippen molar-refractivity contribution in [3.63, 3.8) is 0 Å². The Labute approximate surface area is 102 Å². The molecule has 6 nitrogen and oxygen atoms in total. The van der Waals surface area contributed by atoms with Crippen molar-refractivity contribution in [1.82, 2.24) is 15.5 Å². The molecule has 0 aromatic rings. The van der Waals surface area contributed by atoms with E-state index in [1.54, 1.807) is 0 Å². The molecule has 0 radical (unpaired) electrons. The summed E-state index contributed by atoms with van der Waals surface area (Å²) < 4.78 is 0. The maximum Gasteiger partial charge on any atom is 0.240 e. The van der Waals surface area contributed by atoms with Gasteiger partial charge in [-0.2, -0.15) is 0 Å². The van der Waals surface area contributed by atoms with Crippen molar-refractivity contribution in [3.05, 3.63) is 0 Å². The smallest absolute Gasteiger partial charge is 0.240 e. The van der Waals surface area contributed by atoms with Gasteiger partial charge in [0, 0.05) is 32.7 Å². The first kappa shape index (κ1) is 14.4. The van der Waals surface area contributed by atoms with Crippen LogP contribution in [0.3, 0.4) is 0 Å². The van der Waals surface area contributed by atoms with E-state index >= 15 is 0 Å². The SMILES string of the molecule is CC(C)(C(=O)NCC(O)CO)N1CCNCC1. The summed E-state index contributed by atoms with van der Waals surface area (Å²) in [6.45, 7) is 6.94. The molecule has 0 aromatic carbocycles. The number of aliphatic hydroxyl groups excluding tert-OH is 2. The van der Waals surface area contributed by atoms with Gasteiger partial charge >= 0.3 is 0 Å². The molecule has 1 fully saturated rings. The van der Waals surface area contributed by atoms with Gasteiger partial charge in [0.25, 0.3) is 0 Å². The Hall–Kier alpha value is -0.690. The van der Waals surface area contributed by atoms with Crippen molar-refractivity contribution < 1.29 is 15.0 Å². The van der Waals surface area contributed by atoms with Gasteiger partial charge in [0.15, 0.2) is 0 Å². The Morgan fingerprint density at radius 3 is 2.59 bits per heavy atom. The molecule has 1 heterocycles. The number of hydrogen-bond donors (Lipinski definition) is 4. The van der Waals surface area contributed by atoms with Gasteiger partial charge in [-0.3, -0.25) is 9.69 Å². The van der Waals surface area contributed by atoms with Crippen LogP contribution in [0.15, 0.2) is 0 Å². The van der Waals surface area contributed by atoms with E-state index in [0.717, 1.165) is 26.2 Å². The summed E-state index contributed by atoms with van der Waals surface area (Å²) in [4.78, 5) is 14.1. The van der Waals surface area contributed by atoms with Crippen LogP contribution < -0.4 is 10.6 Å². The summed E-state index contributed by atoms with van der Waals surface area (Å²) >= 11 is 0. The number of hydrogen-bond acceptors (Lipinski definition) is 5. The minimum Gasteiger partial charge on any atom is -0.394 e. The molecular formula is C11H23N3O3. The summed E-state index contributed by atoms with van der Waals surface area (Å²) in [7, 11) is 0. The lowest BCUT2D eigenvalue weighted by Gasteiger charge is -2.39. The first-order valence-corrected chi connectivity index (χ1v) is 6.01. The van der Waals surface area contributed by atoms with Crippen molar-refractivity contribution in [2.24, 2.45) is 0 Å². The third-order valence-electron chi connectivity index (χ3n) is 3.17. The fraction of sp³-hybridized carbons (Fsp3) is 0.909. The molecule has 0 aliphatic carbocycles. The minimum atomic E-state index is -0.891. The molecule has 0 spiro atoms. The molecular weight excluding hydrogens is 222 g/mol. The van der Waals surface area contributed by atoms with Crippen molar-refractivity contribution in [2.45, 2.75) is 25.5 Å². The van der Waals surface area contributed by atoms with Crippen LogP contribution in [0.2, 0.25) is 0 Å². The Bertz CT molecular complexity index is 252. The fourth-order valence-electron chi connectivity index (χ4n) is 1.86. The molecule has 0 saturated carbocycles. The third kappa shape index (κ3) is 3.92. The molecule has 4 N–H and O–H groups in total. The van der Waals surface area contributed by atoms with E-state index in [1.807, 2.05) is 13.8 Å². The van der Waals surface area contributed by atoms with Crippen molar-refractivity contribution in [1.29, 1.82) is 0 Å². The molecule has 100 valence electrons. The second kappa shape index (κ2) is 6.30. The van der Waals surface area contributed by atoms with Gasteiger partial charge in [-0.1, -0.05) is 0 Å². The first-order chi connectivity index (χ1) is 7.98. The highest BCUT2D eigenvalue weighted by atomic mass is 16.3. The Morgan fingerprint density at radius 1 is 1.47 bits per heavy atom. The zero-order chi connectivity index (χ0) is 12.9. The zero-order valence-corrected chi connectivity index (χ0v) is 10.6. The fourth-order valence-corrected chi connectivity index (χ4v) is 1.86. The molecule has 0 bridgehead atoms. The largest absolute Gasteiger partial charge is 0.394 e. The molecule has 1 aliphatic rings. The van der Waals surface area contributed by atoms with Crippen LogP contribution in [0.5, 0.6) is 0 Å². The Kier molecular flexibility index (Phi) is 5.32. The summed E-state index contributed by atoms with van der Waals surface area (Å²) in [6.07, 6.45) is -0.891. The van der Waals surface area contributed by atoms with Crippen molar-refractivity contribution in [2.75, 3.05) is 39.3 Å². The number of carbonyl (C=O) groups excluding carboxylic acids is 1. The lowest BCUT2D eigenvalue weighted by molar-refractivity contribution is -0.132. The van der Waals surface area contributed by atoms with Gasteiger partial charge in [0.1, 0.15) is 0 Å². The normalized spacial score (nSPS) is 20.0. The molecule has 1 amide bonds. The van der Waals surface area contributed by atoms with Gasteiger partial charge in [-0.05, 0) is 13.8 Å². The number of amides is 1. The van der Waals surface area contributed by atoms with Crippen molar-refractivity contribution >= 4 is 5.91 Å². The second-order valence-corrected chi connectivity index (χ2v) is 4.84. The molecule has 0 aromatic heterocycles. The maximum absolute atomic E-state index is 12.0.